The van der Waals surface area contributed by atoms with E-state index in [-0.39, 0.29) is 17.1 Å². The largest absolute Gasteiger partial charge is 0.636 e. The molecule has 0 aromatic carbocycles. The molecule has 0 saturated carbocycles. The van der Waals surface area contributed by atoms with Crippen LogP contribution in [0, 0.1) is 0 Å². The second kappa shape index (κ2) is 5.89. The van der Waals surface area contributed by atoms with Crippen molar-refractivity contribution in [3.63, 3.8) is 0 Å². The van der Waals surface area contributed by atoms with Gasteiger partial charge in [0.1, 0.15) is 0 Å². The molecule has 1 unspecified atom stereocenters. The summed E-state index contributed by atoms with van der Waals surface area (Å²) < 4.78 is 3.78. The smallest absolute Gasteiger partial charge is 0.402 e. The van der Waals surface area contributed by atoms with Gasteiger partial charge in [-0.05, 0) is 9.47 Å². The molecule has 0 aromatic heterocycles. The van der Waals surface area contributed by atoms with Crippen molar-refractivity contribution in [3.8, 4) is 0 Å². The Bertz CT molecular complexity index is 24.8. The molecule has 6 heavy (non-hydrogen) atoms. The van der Waals surface area contributed by atoms with Crippen LogP contribution in [-0.2, 0) is 21.5 Å². The molecule has 0 heterocycles. The summed E-state index contributed by atoms with van der Waals surface area (Å²) in [5, 5.41) is 15.3. The molecule has 0 fully saturated rings. The zero-order valence-electron chi connectivity index (χ0n) is 2.76. The normalized spacial score (nSPS) is 6.50. The molecule has 41 valence electrons. The van der Waals surface area contributed by atoms with Crippen LogP contribution < -0.4 is 0 Å². The van der Waals surface area contributed by atoms with Gasteiger partial charge in [0.05, 0.1) is 0 Å². The summed E-state index contributed by atoms with van der Waals surface area (Å²) in [7, 11) is 0.0417. The first-order chi connectivity index (χ1) is 2.27. The third kappa shape index (κ3) is 8.86. The molecule has 1 atom stereocenters. The fraction of sp³-hybridized carbons (Fsp3) is 0. The van der Waals surface area contributed by atoms with E-state index in [2.05, 4.69) is 4.44 Å². The van der Waals surface area contributed by atoms with Crippen LogP contribution in [0.1, 0.15) is 0 Å². The summed E-state index contributed by atoms with van der Waals surface area (Å²) in [5.74, 6) is 0. The molecule has 6 heteroatoms. The number of hydrogen-bond donors (Lipinski definition) is 2. The van der Waals surface area contributed by atoms with Crippen LogP contribution in [0.4, 0.5) is 0 Å². The maximum atomic E-state index is 7.67. The van der Waals surface area contributed by atoms with Crippen molar-refractivity contribution < 1.29 is 31.6 Å². The Kier molecular flexibility index (Phi) is 9.82. The Labute approximate surface area is 49.0 Å². The molecule has 0 spiro atoms. The third-order valence-corrected chi connectivity index (χ3v) is 0.365. The first-order valence-corrected chi connectivity index (χ1v) is 1.46. The first-order valence-electron chi connectivity index (χ1n) is 0.988. The van der Waals surface area contributed by atoms with Gasteiger partial charge in [-0.3, -0.25) is 0 Å². The van der Waals surface area contributed by atoms with E-state index in [0.717, 1.165) is 0 Å². The van der Waals surface area contributed by atoms with Gasteiger partial charge in [-0.1, -0.05) is 0 Å². The monoisotopic (exact) mass is 157 g/mol. The van der Waals surface area contributed by atoms with Crippen LogP contribution >= 0.6 is 9.47 Å². The zero-order valence-corrected chi connectivity index (χ0v) is 4.86. The molecule has 0 rings (SSSR count). The van der Waals surface area contributed by atoms with Gasteiger partial charge in [-0.15, -0.1) is 0 Å². The summed E-state index contributed by atoms with van der Waals surface area (Å²) in [6.45, 7) is 0. The van der Waals surface area contributed by atoms with Crippen molar-refractivity contribution in [3.05, 3.63) is 0 Å². The van der Waals surface area contributed by atoms with Crippen molar-refractivity contribution >= 4 is 16.8 Å². The quantitative estimate of drug-likeness (QED) is 0.370. The van der Waals surface area contributed by atoms with Crippen LogP contribution in [-0.4, -0.2) is 17.4 Å². The van der Waals surface area contributed by atoms with E-state index in [9.17, 15) is 0 Å². The predicted molar refractivity (Wildman–Crippen MR) is 21.0 cm³/mol. The van der Waals surface area contributed by atoms with Crippen LogP contribution in [0.25, 0.3) is 0 Å². The molecule has 1 radical (unpaired) electrons. The zero-order chi connectivity index (χ0) is 4.28. The topological polar surface area (TPSA) is 49.7 Å². The molecule has 0 aliphatic carbocycles. The second-order valence-electron chi connectivity index (χ2n) is 0.462. The molecule has 0 saturated heterocycles. The van der Waals surface area contributed by atoms with Crippen LogP contribution in [0.2, 0.25) is 0 Å². The SMILES string of the molecule is OB(O)OP.[Cu]. The van der Waals surface area contributed by atoms with Gasteiger partial charge in [0, 0.05) is 17.1 Å². The van der Waals surface area contributed by atoms with Crippen LogP contribution in [0.3, 0.4) is 0 Å². The summed E-state index contributed by atoms with van der Waals surface area (Å²) in [6.07, 6.45) is 0. The minimum absolute atomic E-state index is 0. The van der Waals surface area contributed by atoms with Gasteiger partial charge < -0.3 is 14.5 Å². The van der Waals surface area contributed by atoms with Gasteiger partial charge >= 0.3 is 7.32 Å². The Hall–Kier alpha value is 0.894. The maximum Gasteiger partial charge on any atom is 0.636 e. The first kappa shape index (κ1) is 10.00. The Morgan fingerprint density at radius 2 is 1.67 bits per heavy atom. The molecular formula is H4BCuO3P. The minimum atomic E-state index is -1.65. The second-order valence-corrected chi connectivity index (χ2v) is 0.735. The van der Waals surface area contributed by atoms with Gasteiger partial charge in [-0.25, -0.2) is 0 Å². The Balaban J connectivity index is 0. The molecular weight excluding hydrogens is 153 g/mol. The van der Waals surface area contributed by atoms with Crippen molar-refractivity contribution in [2.75, 3.05) is 0 Å². The van der Waals surface area contributed by atoms with E-state index in [4.69, 9.17) is 10.0 Å². The molecule has 0 aliphatic rings. The maximum absolute atomic E-state index is 7.67. The van der Waals surface area contributed by atoms with E-state index < -0.39 is 7.32 Å². The fourth-order valence-corrected chi connectivity index (χ4v) is 0. The van der Waals surface area contributed by atoms with Gasteiger partial charge in [0.25, 0.3) is 0 Å². The van der Waals surface area contributed by atoms with Crippen molar-refractivity contribution in [1.82, 2.24) is 0 Å². The summed E-state index contributed by atoms with van der Waals surface area (Å²) in [6, 6.07) is 0. The summed E-state index contributed by atoms with van der Waals surface area (Å²) in [4.78, 5) is 0. The molecule has 3 nitrogen and oxygen atoms in total. The van der Waals surface area contributed by atoms with E-state index in [1.54, 1.807) is 9.47 Å². The standard InChI is InChI=1S/BH4O3P.Cu/c2-1(3)4-5;/h2-3H,5H2;. The Morgan fingerprint density at radius 1 is 1.50 bits per heavy atom. The molecule has 2 N–H and O–H groups in total. The number of hydrogen-bond acceptors (Lipinski definition) is 3. The summed E-state index contributed by atoms with van der Waals surface area (Å²) >= 11 is 0. The average molecular weight is 157 g/mol. The van der Waals surface area contributed by atoms with Crippen molar-refractivity contribution in [1.29, 1.82) is 0 Å². The van der Waals surface area contributed by atoms with Crippen LogP contribution in [0.5, 0.6) is 0 Å². The molecule has 0 aliphatic heterocycles. The molecule has 0 aromatic rings. The molecule has 0 amide bonds. The van der Waals surface area contributed by atoms with Gasteiger partial charge in [0.15, 0.2) is 0 Å². The summed E-state index contributed by atoms with van der Waals surface area (Å²) in [5.41, 5.74) is 0. The average Bonchev–Trinajstić information content (AvgIpc) is 1.38. The third-order valence-electron chi connectivity index (χ3n) is 0.122. The van der Waals surface area contributed by atoms with E-state index in [0.29, 0.717) is 0 Å². The number of rotatable bonds is 1. The van der Waals surface area contributed by atoms with Gasteiger partial charge in [0.2, 0.25) is 0 Å². The van der Waals surface area contributed by atoms with E-state index >= 15 is 0 Å². The minimum Gasteiger partial charge on any atom is -0.402 e. The predicted octanol–water partition coefficient (Wildman–Crippen LogP) is -1.24. The van der Waals surface area contributed by atoms with E-state index in [1.807, 2.05) is 0 Å². The molecule has 0 bridgehead atoms. The van der Waals surface area contributed by atoms with Crippen molar-refractivity contribution in [2.24, 2.45) is 0 Å². The van der Waals surface area contributed by atoms with Crippen LogP contribution in [0.15, 0.2) is 0 Å². The van der Waals surface area contributed by atoms with E-state index in [1.165, 1.54) is 0 Å². The Morgan fingerprint density at radius 3 is 1.67 bits per heavy atom. The van der Waals surface area contributed by atoms with Crippen molar-refractivity contribution in [2.45, 2.75) is 0 Å². The fourth-order valence-electron chi connectivity index (χ4n) is 0. The van der Waals surface area contributed by atoms with Gasteiger partial charge in [-0.2, -0.15) is 0 Å².